The van der Waals surface area contributed by atoms with E-state index in [0.29, 0.717) is 5.92 Å². The maximum Gasteiger partial charge on any atom is 0.0438 e. The van der Waals surface area contributed by atoms with Crippen molar-refractivity contribution < 1.29 is 0 Å². The number of benzene rings is 2. The van der Waals surface area contributed by atoms with Crippen molar-refractivity contribution in [3.05, 3.63) is 70.7 Å². The van der Waals surface area contributed by atoms with E-state index in [9.17, 15) is 0 Å². The molecule has 2 heteroatoms. The molecule has 1 N–H and O–H groups in total. The molecule has 0 aliphatic carbocycles. The van der Waals surface area contributed by atoms with Crippen LogP contribution in [0.2, 0.25) is 5.02 Å². The molecular weight excluding hydrogens is 266 g/mol. The van der Waals surface area contributed by atoms with Gasteiger partial charge in [-0.3, -0.25) is 0 Å². The van der Waals surface area contributed by atoms with Gasteiger partial charge >= 0.3 is 0 Å². The molecular formula is C18H22ClN. The highest BCUT2D eigenvalue weighted by Gasteiger charge is 2.13. The summed E-state index contributed by atoms with van der Waals surface area (Å²) in [7, 11) is 0. The van der Waals surface area contributed by atoms with Gasteiger partial charge in [-0.2, -0.15) is 0 Å². The average molecular weight is 288 g/mol. The summed E-state index contributed by atoms with van der Waals surface area (Å²) in [5.41, 5.74) is 2.59. The van der Waals surface area contributed by atoms with Crippen LogP contribution in [0, 0.1) is 0 Å². The summed E-state index contributed by atoms with van der Waals surface area (Å²) in [4.78, 5) is 0. The van der Waals surface area contributed by atoms with Crippen LogP contribution < -0.4 is 5.32 Å². The van der Waals surface area contributed by atoms with Crippen LogP contribution in [0.4, 0.5) is 0 Å². The Balaban J connectivity index is 2.12. The van der Waals surface area contributed by atoms with Crippen LogP contribution in [0.1, 0.15) is 30.4 Å². The summed E-state index contributed by atoms with van der Waals surface area (Å²) >= 11 is 6.30. The van der Waals surface area contributed by atoms with E-state index in [1.54, 1.807) is 0 Å². The third-order valence-corrected chi connectivity index (χ3v) is 3.88. The Morgan fingerprint density at radius 1 is 1.00 bits per heavy atom. The maximum absolute atomic E-state index is 6.30. The Hall–Kier alpha value is -1.31. The molecule has 0 spiro atoms. The Bertz CT molecular complexity index is 510. The molecule has 0 saturated carbocycles. The van der Waals surface area contributed by atoms with Crippen molar-refractivity contribution in [1.82, 2.24) is 5.32 Å². The largest absolute Gasteiger partial charge is 0.316 e. The van der Waals surface area contributed by atoms with Crippen molar-refractivity contribution in [3.8, 4) is 0 Å². The monoisotopic (exact) mass is 287 g/mol. The fourth-order valence-corrected chi connectivity index (χ4v) is 2.63. The highest BCUT2D eigenvalue weighted by atomic mass is 35.5. The maximum atomic E-state index is 6.30. The van der Waals surface area contributed by atoms with Gasteiger partial charge in [-0.25, -0.2) is 0 Å². The first kappa shape index (κ1) is 15.1. The third kappa shape index (κ3) is 4.36. The first-order valence-corrected chi connectivity index (χ1v) is 7.68. The van der Waals surface area contributed by atoms with Crippen LogP contribution in [0.5, 0.6) is 0 Å². The van der Waals surface area contributed by atoms with E-state index in [2.05, 4.69) is 54.7 Å². The lowest BCUT2D eigenvalue weighted by atomic mass is 9.92. The van der Waals surface area contributed by atoms with Gasteiger partial charge in [0, 0.05) is 17.5 Å². The van der Waals surface area contributed by atoms with E-state index in [1.807, 2.05) is 12.1 Å². The lowest BCUT2D eigenvalue weighted by Crippen LogP contribution is -2.23. The second kappa shape index (κ2) is 8.08. The molecule has 2 rings (SSSR count). The van der Waals surface area contributed by atoms with Crippen LogP contribution in [-0.2, 0) is 6.42 Å². The Morgan fingerprint density at radius 3 is 2.40 bits per heavy atom. The molecule has 1 nitrogen and oxygen atoms in total. The van der Waals surface area contributed by atoms with Gasteiger partial charge in [0.2, 0.25) is 0 Å². The lowest BCUT2D eigenvalue weighted by molar-refractivity contribution is 0.576. The third-order valence-electron chi connectivity index (χ3n) is 3.51. The van der Waals surface area contributed by atoms with Crippen LogP contribution in [0.25, 0.3) is 0 Å². The van der Waals surface area contributed by atoms with Gasteiger partial charge in [0.1, 0.15) is 0 Å². The van der Waals surface area contributed by atoms with Crippen molar-refractivity contribution in [2.45, 2.75) is 25.7 Å². The molecule has 20 heavy (non-hydrogen) atoms. The van der Waals surface area contributed by atoms with Crippen molar-refractivity contribution >= 4 is 11.6 Å². The van der Waals surface area contributed by atoms with Crippen molar-refractivity contribution in [2.24, 2.45) is 0 Å². The Kier molecular flexibility index (Phi) is 6.10. The molecule has 0 aromatic heterocycles. The summed E-state index contributed by atoms with van der Waals surface area (Å²) in [6, 6.07) is 18.8. The molecule has 0 aliphatic rings. The van der Waals surface area contributed by atoms with E-state index in [0.717, 1.165) is 31.0 Å². The lowest BCUT2D eigenvalue weighted by Gasteiger charge is -2.19. The van der Waals surface area contributed by atoms with E-state index in [4.69, 9.17) is 11.6 Å². The van der Waals surface area contributed by atoms with Crippen LogP contribution in [0.15, 0.2) is 54.6 Å². The topological polar surface area (TPSA) is 12.0 Å². The summed E-state index contributed by atoms with van der Waals surface area (Å²) in [5.74, 6) is 0.461. The molecule has 2 aromatic carbocycles. The van der Waals surface area contributed by atoms with Gasteiger partial charge in [0.25, 0.3) is 0 Å². The summed E-state index contributed by atoms with van der Waals surface area (Å²) in [5, 5.41) is 4.40. The smallest absolute Gasteiger partial charge is 0.0438 e. The molecule has 0 radical (unpaired) electrons. The predicted octanol–water partition coefficient (Wildman–Crippen LogP) is 4.67. The Labute approximate surface area is 127 Å². The van der Waals surface area contributed by atoms with E-state index >= 15 is 0 Å². The first-order valence-electron chi connectivity index (χ1n) is 7.30. The summed E-state index contributed by atoms with van der Waals surface area (Å²) in [6.45, 7) is 4.24. The highest BCUT2D eigenvalue weighted by molar-refractivity contribution is 6.31. The van der Waals surface area contributed by atoms with Gasteiger partial charge in [-0.05, 0) is 36.6 Å². The molecule has 2 aromatic rings. The van der Waals surface area contributed by atoms with Crippen LogP contribution in [0.3, 0.4) is 0 Å². The fourth-order valence-electron chi connectivity index (χ4n) is 2.42. The molecule has 1 unspecified atom stereocenters. The average Bonchev–Trinajstić information content (AvgIpc) is 2.49. The minimum atomic E-state index is 0.461. The SMILES string of the molecule is CCCNCC(Cc1ccccc1Cl)c1ccccc1. The van der Waals surface area contributed by atoms with Crippen molar-refractivity contribution in [2.75, 3.05) is 13.1 Å². The van der Waals surface area contributed by atoms with Crippen LogP contribution >= 0.6 is 11.6 Å². The van der Waals surface area contributed by atoms with Crippen LogP contribution in [-0.4, -0.2) is 13.1 Å². The molecule has 0 bridgehead atoms. The molecule has 1 atom stereocenters. The zero-order valence-corrected chi connectivity index (χ0v) is 12.7. The van der Waals surface area contributed by atoms with E-state index < -0.39 is 0 Å². The summed E-state index contributed by atoms with van der Waals surface area (Å²) in [6.07, 6.45) is 2.13. The number of hydrogen-bond acceptors (Lipinski definition) is 1. The van der Waals surface area contributed by atoms with Gasteiger partial charge in [0.05, 0.1) is 0 Å². The number of nitrogens with one attached hydrogen (secondary N) is 1. The molecule has 106 valence electrons. The van der Waals surface area contributed by atoms with E-state index in [-0.39, 0.29) is 0 Å². The number of hydrogen-bond donors (Lipinski definition) is 1. The zero-order valence-electron chi connectivity index (χ0n) is 12.0. The van der Waals surface area contributed by atoms with Gasteiger partial charge in [-0.1, -0.05) is 67.1 Å². The summed E-state index contributed by atoms with van der Waals surface area (Å²) < 4.78 is 0. The highest BCUT2D eigenvalue weighted by Crippen LogP contribution is 2.24. The van der Waals surface area contributed by atoms with Gasteiger partial charge in [-0.15, -0.1) is 0 Å². The molecule has 0 amide bonds. The second-order valence-electron chi connectivity index (χ2n) is 5.11. The van der Waals surface area contributed by atoms with E-state index in [1.165, 1.54) is 11.1 Å². The number of halogens is 1. The molecule has 0 heterocycles. The minimum Gasteiger partial charge on any atom is -0.316 e. The molecule has 0 aliphatic heterocycles. The second-order valence-corrected chi connectivity index (χ2v) is 5.51. The fraction of sp³-hybridized carbons (Fsp3) is 0.333. The number of rotatable bonds is 7. The molecule has 0 fully saturated rings. The van der Waals surface area contributed by atoms with Gasteiger partial charge in [0.15, 0.2) is 0 Å². The molecule has 0 saturated heterocycles. The van der Waals surface area contributed by atoms with Crippen molar-refractivity contribution in [3.63, 3.8) is 0 Å². The quantitative estimate of drug-likeness (QED) is 0.730. The minimum absolute atomic E-state index is 0.461. The Morgan fingerprint density at radius 2 is 1.70 bits per heavy atom. The predicted molar refractivity (Wildman–Crippen MR) is 87.5 cm³/mol. The zero-order chi connectivity index (χ0) is 14.2. The van der Waals surface area contributed by atoms with Gasteiger partial charge < -0.3 is 5.32 Å². The first-order chi connectivity index (χ1) is 9.81. The normalized spacial score (nSPS) is 12.3. The van der Waals surface area contributed by atoms with Crippen molar-refractivity contribution in [1.29, 1.82) is 0 Å². The standard InChI is InChI=1S/C18H22ClN/c1-2-12-20-14-17(15-8-4-3-5-9-15)13-16-10-6-7-11-18(16)19/h3-11,17,20H,2,12-14H2,1H3.